The van der Waals surface area contributed by atoms with Gasteiger partial charge in [0.2, 0.25) is 5.88 Å². The summed E-state index contributed by atoms with van der Waals surface area (Å²) in [6, 6.07) is 5.75. The van der Waals surface area contributed by atoms with Crippen LogP contribution < -0.4 is 14.4 Å². The lowest BCUT2D eigenvalue weighted by molar-refractivity contribution is 0.188. The van der Waals surface area contributed by atoms with Gasteiger partial charge in [0, 0.05) is 37.9 Å². The molecule has 2 aliphatic heterocycles. The Morgan fingerprint density at radius 3 is 2.87 bits per heavy atom. The Kier molecular flexibility index (Phi) is 6.59. The van der Waals surface area contributed by atoms with Crippen LogP contribution >= 0.6 is 11.6 Å². The molecule has 196 valence electrons. The molecule has 1 aromatic carbocycles. The smallest absolute Gasteiger partial charge is 0.319 e. The van der Waals surface area contributed by atoms with E-state index in [0.717, 1.165) is 43.6 Å². The minimum Gasteiger partial charge on any atom is -0.462 e. The maximum Gasteiger partial charge on any atom is 0.319 e. The number of nitrogens with zero attached hydrogens (tertiary/aromatic N) is 7. The van der Waals surface area contributed by atoms with Crippen molar-refractivity contribution in [2.45, 2.75) is 31.7 Å². The predicted molar refractivity (Wildman–Crippen MR) is 140 cm³/mol. The first-order valence-corrected chi connectivity index (χ1v) is 13.0. The van der Waals surface area contributed by atoms with Crippen LogP contribution in [0.3, 0.4) is 0 Å². The molecule has 3 aromatic heterocycles. The van der Waals surface area contributed by atoms with Gasteiger partial charge in [-0.2, -0.15) is 20.3 Å². The molecule has 0 amide bonds. The number of ether oxygens (including phenoxy) is 2. The van der Waals surface area contributed by atoms with E-state index in [2.05, 4.69) is 36.0 Å². The van der Waals surface area contributed by atoms with Gasteiger partial charge in [0.15, 0.2) is 5.75 Å². The van der Waals surface area contributed by atoms with Crippen LogP contribution in [-0.4, -0.2) is 69.4 Å². The summed E-state index contributed by atoms with van der Waals surface area (Å²) in [6.07, 6.45) is 7.17. The molecule has 1 N–H and O–H groups in total. The normalized spacial score (nSPS) is 20.2. The molecule has 0 radical (unpaired) electrons. The third kappa shape index (κ3) is 4.54. The number of fused-ring (bicyclic) bond motifs is 2. The maximum atomic E-state index is 14.6. The number of pyridine rings is 1. The highest BCUT2D eigenvalue weighted by Crippen LogP contribution is 2.40. The molecule has 6 rings (SSSR count). The summed E-state index contributed by atoms with van der Waals surface area (Å²) < 4.78 is 26.8. The monoisotopic (exact) mass is 536 g/mol. The van der Waals surface area contributed by atoms with E-state index < -0.39 is 5.82 Å². The van der Waals surface area contributed by atoms with Crippen molar-refractivity contribution < 1.29 is 13.9 Å². The van der Waals surface area contributed by atoms with Crippen molar-refractivity contribution >= 4 is 39.2 Å². The fraction of sp³-hybridized carbons (Fsp3) is 0.423. The molecule has 0 spiro atoms. The topological polar surface area (TPSA) is 116 Å². The summed E-state index contributed by atoms with van der Waals surface area (Å²) in [5, 5.41) is 17.2. The van der Waals surface area contributed by atoms with Gasteiger partial charge in [-0.25, -0.2) is 9.37 Å². The maximum absolute atomic E-state index is 14.6. The number of hydrogen-bond acceptors (Lipinski definition) is 9. The third-order valence-electron chi connectivity index (χ3n) is 7.26. The molecule has 2 saturated heterocycles. The molecule has 10 nitrogen and oxygen atoms in total. The van der Waals surface area contributed by atoms with E-state index in [0.29, 0.717) is 29.6 Å². The van der Waals surface area contributed by atoms with Crippen LogP contribution in [0.2, 0.25) is 5.02 Å². The molecule has 0 bridgehead atoms. The van der Waals surface area contributed by atoms with E-state index in [1.165, 1.54) is 18.7 Å². The predicted octanol–water partition coefficient (Wildman–Crippen LogP) is 4.70. The average molecular weight is 537 g/mol. The molecule has 0 aliphatic carbocycles. The number of nitrogens with one attached hydrogen (secondary N) is 1. The minimum absolute atomic E-state index is 0.0185. The molecule has 2 atom stereocenters. The molecule has 2 aliphatic rings. The Balaban J connectivity index is 1.41. The zero-order valence-corrected chi connectivity index (χ0v) is 21.6. The standard InChI is InChI=1S/C26H26ClFN8O2/c1-35-13-15(11-29)9-16(35)14-37-26-32-22-17(24(33-26)36-7-3-2-4-8-36)5-6-30-25(22)38-23-18-12-31-34-20(18)10-19(28)21(23)27/h5-6,10,12,15-16H,2-4,7-9,13-14H2,1H3,(H,31,34)/t15-,16-/m0/s1. The first-order chi connectivity index (χ1) is 18.5. The number of H-pyrrole nitrogens is 1. The second-order valence-electron chi connectivity index (χ2n) is 9.79. The number of nitriles is 1. The molecular formula is C26H26ClFN8O2. The molecule has 12 heteroatoms. The van der Waals surface area contributed by atoms with Gasteiger partial charge in [-0.1, -0.05) is 11.6 Å². The van der Waals surface area contributed by atoms with Gasteiger partial charge >= 0.3 is 6.01 Å². The van der Waals surface area contributed by atoms with Crippen molar-refractivity contribution in [3.05, 3.63) is 35.4 Å². The Hall–Kier alpha value is -3.75. The Morgan fingerprint density at radius 1 is 1.24 bits per heavy atom. The van der Waals surface area contributed by atoms with Gasteiger partial charge in [0.25, 0.3) is 0 Å². The molecule has 38 heavy (non-hydrogen) atoms. The van der Waals surface area contributed by atoms with Crippen LogP contribution in [0.25, 0.3) is 21.8 Å². The van der Waals surface area contributed by atoms with Crippen LogP contribution in [0.4, 0.5) is 10.2 Å². The highest BCUT2D eigenvalue weighted by molar-refractivity contribution is 6.33. The quantitative estimate of drug-likeness (QED) is 0.374. The molecule has 2 fully saturated rings. The number of hydrogen-bond donors (Lipinski definition) is 1. The van der Waals surface area contributed by atoms with Gasteiger partial charge in [-0.15, -0.1) is 0 Å². The summed E-state index contributed by atoms with van der Waals surface area (Å²) in [7, 11) is 1.99. The summed E-state index contributed by atoms with van der Waals surface area (Å²) in [5.74, 6) is 0.347. The van der Waals surface area contributed by atoms with Crippen molar-refractivity contribution in [3.63, 3.8) is 0 Å². The Labute approximate surface area is 223 Å². The number of aromatic nitrogens is 5. The van der Waals surface area contributed by atoms with E-state index in [4.69, 9.17) is 26.1 Å². The number of rotatable bonds is 6. The van der Waals surface area contributed by atoms with E-state index in [1.807, 2.05) is 13.1 Å². The van der Waals surface area contributed by atoms with Gasteiger partial charge in [-0.05, 0) is 38.8 Å². The second kappa shape index (κ2) is 10.2. The van der Waals surface area contributed by atoms with Gasteiger partial charge in [0.1, 0.15) is 28.8 Å². The van der Waals surface area contributed by atoms with Crippen LogP contribution in [0.1, 0.15) is 25.7 Å². The number of likely N-dealkylation sites (tertiary alicyclic amines) is 1. The van der Waals surface area contributed by atoms with Crippen molar-refractivity contribution in [2.75, 3.05) is 38.2 Å². The molecular weight excluding hydrogens is 511 g/mol. The molecule has 5 heterocycles. The first kappa shape index (κ1) is 24.6. The van der Waals surface area contributed by atoms with Crippen LogP contribution in [0, 0.1) is 23.1 Å². The third-order valence-corrected chi connectivity index (χ3v) is 7.62. The SMILES string of the molecule is CN1C[C@H](C#N)C[C@H]1COc1nc(N2CCCCC2)c2ccnc(Oc3c(Cl)c(F)cc4[nH]ncc34)c2n1. The highest BCUT2D eigenvalue weighted by Gasteiger charge is 2.30. The van der Waals surface area contributed by atoms with Crippen molar-refractivity contribution in [2.24, 2.45) is 5.92 Å². The number of halogens is 2. The Bertz CT molecular complexity index is 1530. The summed E-state index contributed by atoms with van der Waals surface area (Å²) in [6.45, 7) is 2.79. The van der Waals surface area contributed by atoms with E-state index in [1.54, 1.807) is 6.20 Å². The Morgan fingerprint density at radius 2 is 2.08 bits per heavy atom. The van der Waals surface area contributed by atoms with Crippen molar-refractivity contribution in [3.8, 4) is 23.7 Å². The summed E-state index contributed by atoms with van der Waals surface area (Å²) in [4.78, 5) is 18.2. The van der Waals surface area contributed by atoms with Gasteiger partial charge in [0.05, 0.1) is 34.5 Å². The molecule has 0 unspecified atom stereocenters. The molecule has 0 saturated carbocycles. The fourth-order valence-electron chi connectivity index (χ4n) is 5.22. The zero-order valence-electron chi connectivity index (χ0n) is 20.8. The lowest BCUT2D eigenvalue weighted by Crippen LogP contribution is -2.32. The van der Waals surface area contributed by atoms with Gasteiger partial charge < -0.3 is 14.4 Å². The largest absolute Gasteiger partial charge is 0.462 e. The zero-order chi connectivity index (χ0) is 26.2. The van der Waals surface area contributed by atoms with Crippen molar-refractivity contribution in [1.29, 1.82) is 5.26 Å². The summed E-state index contributed by atoms with van der Waals surface area (Å²) >= 11 is 6.31. The van der Waals surface area contributed by atoms with E-state index >= 15 is 0 Å². The van der Waals surface area contributed by atoms with Crippen LogP contribution in [0.15, 0.2) is 24.5 Å². The van der Waals surface area contributed by atoms with Crippen LogP contribution in [-0.2, 0) is 0 Å². The fourth-order valence-corrected chi connectivity index (χ4v) is 5.42. The lowest BCUT2D eigenvalue weighted by atomic mass is 10.1. The summed E-state index contributed by atoms with van der Waals surface area (Å²) in [5.41, 5.74) is 0.885. The van der Waals surface area contributed by atoms with Crippen LogP contribution in [0.5, 0.6) is 17.6 Å². The number of piperidine rings is 1. The average Bonchev–Trinajstić information content (AvgIpc) is 3.56. The highest BCUT2D eigenvalue weighted by atomic mass is 35.5. The second-order valence-corrected chi connectivity index (χ2v) is 10.2. The lowest BCUT2D eigenvalue weighted by Gasteiger charge is -2.29. The number of anilines is 1. The van der Waals surface area contributed by atoms with E-state index in [9.17, 15) is 9.65 Å². The van der Waals surface area contributed by atoms with Gasteiger partial charge in [-0.3, -0.25) is 10.00 Å². The minimum atomic E-state index is -0.636. The molecule has 4 aromatic rings. The van der Waals surface area contributed by atoms with E-state index in [-0.39, 0.29) is 34.6 Å². The number of likely N-dealkylation sites (N-methyl/N-ethyl adjacent to an activating group) is 1. The number of aromatic amines is 1. The van der Waals surface area contributed by atoms with Crippen molar-refractivity contribution in [1.82, 2.24) is 30.0 Å². The number of benzene rings is 1. The first-order valence-electron chi connectivity index (χ1n) is 12.6.